The van der Waals surface area contributed by atoms with Gasteiger partial charge in [-0.15, -0.1) is 5.10 Å². The van der Waals surface area contributed by atoms with Crippen LogP contribution in [0, 0.1) is 19.7 Å². The molecule has 39 heavy (non-hydrogen) atoms. The number of allylic oxidation sites excluding steroid dienone is 1. The molecule has 3 aromatic carbocycles. The number of hydrogen-bond acceptors (Lipinski definition) is 6. The fourth-order valence-electron chi connectivity index (χ4n) is 4.59. The van der Waals surface area contributed by atoms with Crippen molar-refractivity contribution in [2.45, 2.75) is 37.7 Å². The number of carbonyl (C=O) groups excluding carboxylic acids is 1. The highest BCUT2D eigenvalue weighted by Crippen LogP contribution is 2.39. The molecule has 5 rings (SSSR count). The number of methoxy groups -OCH3 is 1. The lowest BCUT2D eigenvalue weighted by molar-refractivity contribution is -0.113. The van der Waals surface area contributed by atoms with E-state index in [1.165, 1.54) is 41.6 Å². The number of ether oxygens (including phenoxy) is 1. The quantitative estimate of drug-likeness (QED) is 0.220. The number of rotatable bonds is 7. The summed E-state index contributed by atoms with van der Waals surface area (Å²) in [6.45, 7) is 5.93. The maximum absolute atomic E-state index is 15.3. The molecule has 1 amide bonds. The van der Waals surface area contributed by atoms with E-state index in [4.69, 9.17) is 9.84 Å². The van der Waals surface area contributed by atoms with Gasteiger partial charge < -0.3 is 15.4 Å². The number of halogens is 2. The van der Waals surface area contributed by atoms with Crippen LogP contribution in [0.15, 0.2) is 81.6 Å². The van der Waals surface area contributed by atoms with E-state index in [0.29, 0.717) is 49.6 Å². The van der Waals surface area contributed by atoms with Crippen molar-refractivity contribution in [3.8, 4) is 5.75 Å². The van der Waals surface area contributed by atoms with Crippen LogP contribution in [0.3, 0.4) is 0 Å². The average Bonchev–Trinajstić information content (AvgIpc) is 3.31. The lowest BCUT2D eigenvalue weighted by Crippen LogP contribution is -2.32. The Morgan fingerprint density at radius 1 is 1.15 bits per heavy atom. The predicted molar refractivity (Wildman–Crippen MR) is 156 cm³/mol. The third-order valence-electron chi connectivity index (χ3n) is 6.54. The van der Waals surface area contributed by atoms with Gasteiger partial charge in [-0.3, -0.25) is 4.79 Å². The monoisotopic (exact) mass is 607 g/mol. The lowest BCUT2D eigenvalue weighted by atomic mass is 9.94. The van der Waals surface area contributed by atoms with Gasteiger partial charge in [-0.25, -0.2) is 9.07 Å². The SMILES string of the molecule is COc1ccccc1NC(=O)C1=C(C)Nc2nc(SCc3ccc(C)cc3C)nn2C1c1cc(Br)ccc1F. The average molecular weight is 609 g/mol. The maximum Gasteiger partial charge on any atom is 0.255 e. The molecule has 1 unspecified atom stereocenters. The van der Waals surface area contributed by atoms with Crippen LogP contribution < -0.4 is 15.4 Å². The van der Waals surface area contributed by atoms with Crippen LogP contribution in [0.5, 0.6) is 5.75 Å². The number of aromatic nitrogens is 3. The number of anilines is 2. The Balaban J connectivity index is 1.53. The van der Waals surface area contributed by atoms with E-state index in [1.807, 2.05) is 6.07 Å². The molecule has 200 valence electrons. The van der Waals surface area contributed by atoms with E-state index in [-0.39, 0.29) is 0 Å². The number of hydrogen-bond donors (Lipinski definition) is 2. The summed E-state index contributed by atoms with van der Waals surface area (Å²) in [5, 5.41) is 11.4. The van der Waals surface area contributed by atoms with Crippen LogP contribution in [0.4, 0.5) is 16.0 Å². The molecule has 0 saturated carbocycles. The molecule has 0 radical (unpaired) electrons. The standard InChI is InChI=1S/C29H27BrFN5O2S/c1-16-9-10-19(17(2)13-16)15-39-29-34-28-32-18(3)25(27(37)33-23-7-5-6-8-24(23)38-4)26(36(28)35-29)21-14-20(30)11-12-22(21)31/h5-14,26H,15H2,1-4H3,(H,33,37)(H,32,34,35). The molecule has 0 bridgehead atoms. The van der Waals surface area contributed by atoms with Crippen molar-refractivity contribution < 1.29 is 13.9 Å². The molecule has 2 heterocycles. The number of nitrogens with one attached hydrogen (secondary N) is 2. The van der Waals surface area contributed by atoms with E-state index in [1.54, 1.807) is 41.9 Å². The first-order chi connectivity index (χ1) is 18.7. The summed E-state index contributed by atoms with van der Waals surface area (Å²) in [7, 11) is 1.54. The van der Waals surface area contributed by atoms with Crippen LogP contribution in [0.1, 0.15) is 35.2 Å². The number of para-hydroxylation sites is 2. The Morgan fingerprint density at radius 3 is 2.72 bits per heavy atom. The third-order valence-corrected chi connectivity index (χ3v) is 7.92. The summed E-state index contributed by atoms with van der Waals surface area (Å²) < 4.78 is 23.0. The normalized spacial score (nSPS) is 14.6. The molecular weight excluding hydrogens is 581 g/mol. The summed E-state index contributed by atoms with van der Waals surface area (Å²) in [6, 6.07) is 17.3. The third kappa shape index (κ3) is 5.58. The van der Waals surface area contributed by atoms with Crippen LogP contribution in [0.25, 0.3) is 0 Å². The number of thioether (sulfide) groups is 1. The van der Waals surface area contributed by atoms with Gasteiger partial charge in [0.2, 0.25) is 11.1 Å². The fourth-order valence-corrected chi connectivity index (χ4v) is 5.87. The Bertz CT molecular complexity index is 1600. The number of aryl methyl sites for hydroxylation is 2. The van der Waals surface area contributed by atoms with E-state index >= 15 is 4.39 Å². The van der Waals surface area contributed by atoms with Gasteiger partial charge in [0.15, 0.2) is 0 Å². The number of nitrogens with zero attached hydrogens (tertiary/aromatic N) is 3. The van der Waals surface area contributed by atoms with Gasteiger partial charge in [0.25, 0.3) is 5.91 Å². The summed E-state index contributed by atoms with van der Waals surface area (Å²) >= 11 is 4.94. The largest absolute Gasteiger partial charge is 0.495 e. The van der Waals surface area contributed by atoms with Crippen molar-refractivity contribution in [3.05, 3.63) is 104 Å². The first kappa shape index (κ1) is 27.0. The van der Waals surface area contributed by atoms with Crippen molar-refractivity contribution in [2.75, 3.05) is 17.7 Å². The van der Waals surface area contributed by atoms with Crippen molar-refractivity contribution in [2.24, 2.45) is 0 Å². The van der Waals surface area contributed by atoms with Crippen LogP contribution in [-0.4, -0.2) is 27.8 Å². The topological polar surface area (TPSA) is 81.1 Å². The van der Waals surface area contributed by atoms with Gasteiger partial charge in [0.05, 0.1) is 18.4 Å². The maximum atomic E-state index is 15.3. The molecule has 10 heteroatoms. The van der Waals surface area contributed by atoms with Gasteiger partial charge in [-0.2, -0.15) is 4.98 Å². The summed E-state index contributed by atoms with van der Waals surface area (Å²) in [6.07, 6.45) is 0. The molecule has 0 saturated heterocycles. The summed E-state index contributed by atoms with van der Waals surface area (Å²) in [5.41, 5.74) is 5.28. The molecule has 1 atom stereocenters. The van der Waals surface area contributed by atoms with Crippen LogP contribution in [0.2, 0.25) is 0 Å². The molecule has 2 N–H and O–H groups in total. The summed E-state index contributed by atoms with van der Waals surface area (Å²) in [4.78, 5) is 18.4. The van der Waals surface area contributed by atoms with E-state index in [9.17, 15) is 4.79 Å². The minimum Gasteiger partial charge on any atom is -0.495 e. The summed E-state index contributed by atoms with van der Waals surface area (Å²) in [5.74, 6) is 0.781. The van der Waals surface area contributed by atoms with Gasteiger partial charge in [-0.1, -0.05) is 63.6 Å². The van der Waals surface area contributed by atoms with E-state index in [2.05, 4.69) is 63.6 Å². The zero-order chi connectivity index (χ0) is 27.7. The highest BCUT2D eigenvalue weighted by molar-refractivity contribution is 9.10. The first-order valence-electron chi connectivity index (χ1n) is 12.3. The minimum atomic E-state index is -0.851. The van der Waals surface area contributed by atoms with Crippen molar-refractivity contribution >= 4 is 45.2 Å². The molecule has 1 aromatic heterocycles. The van der Waals surface area contributed by atoms with Crippen molar-refractivity contribution in [3.63, 3.8) is 0 Å². The zero-order valence-electron chi connectivity index (χ0n) is 21.9. The van der Waals surface area contributed by atoms with Gasteiger partial charge in [0, 0.05) is 21.5 Å². The second-order valence-corrected chi connectivity index (χ2v) is 11.1. The Morgan fingerprint density at radius 2 is 1.95 bits per heavy atom. The molecule has 1 aliphatic heterocycles. The highest BCUT2D eigenvalue weighted by atomic mass is 79.9. The van der Waals surface area contributed by atoms with E-state index in [0.717, 1.165) is 0 Å². The molecule has 0 fully saturated rings. The Kier molecular flexibility index (Phi) is 7.76. The fraction of sp³-hybridized carbons (Fsp3) is 0.207. The molecule has 0 aliphatic carbocycles. The molecular formula is C29H27BrFN5O2S. The first-order valence-corrected chi connectivity index (χ1v) is 14.1. The predicted octanol–water partition coefficient (Wildman–Crippen LogP) is 7.03. The molecule has 7 nitrogen and oxygen atoms in total. The molecule has 4 aromatic rings. The molecule has 0 spiro atoms. The minimum absolute atomic E-state index is 0.299. The van der Waals surface area contributed by atoms with Gasteiger partial charge in [0.1, 0.15) is 17.6 Å². The number of amides is 1. The Labute approximate surface area is 239 Å². The van der Waals surface area contributed by atoms with E-state index < -0.39 is 17.8 Å². The van der Waals surface area contributed by atoms with Crippen molar-refractivity contribution in [1.82, 2.24) is 14.8 Å². The Hall–Kier alpha value is -3.63. The van der Waals surface area contributed by atoms with Gasteiger partial charge >= 0.3 is 0 Å². The number of carbonyl (C=O) groups is 1. The van der Waals surface area contributed by atoms with Crippen LogP contribution >= 0.6 is 27.7 Å². The molecule has 1 aliphatic rings. The lowest BCUT2D eigenvalue weighted by Gasteiger charge is -2.29. The highest BCUT2D eigenvalue weighted by Gasteiger charge is 2.36. The van der Waals surface area contributed by atoms with Crippen molar-refractivity contribution in [1.29, 1.82) is 0 Å². The smallest absolute Gasteiger partial charge is 0.255 e. The second kappa shape index (κ2) is 11.2. The van der Waals surface area contributed by atoms with Crippen LogP contribution in [-0.2, 0) is 10.5 Å². The van der Waals surface area contributed by atoms with Gasteiger partial charge in [-0.05, 0) is 62.2 Å². The number of fused-ring (bicyclic) bond motifs is 1. The second-order valence-electron chi connectivity index (χ2n) is 9.27. The zero-order valence-corrected chi connectivity index (χ0v) is 24.3. The number of benzene rings is 3.